The molecule has 1 aromatic rings. The smallest absolute Gasteiger partial charge is 0.254 e. The van der Waals surface area contributed by atoms with Crippen molar-refractivity contribution >= 4 is 11.8 Å². The molecule has 35 heavy (non-hydrogen) atoms. The molecule has 0 bridgehead atoms. The molecule has 194 valence electrons. The fourth-order valence-corrected chi connectivity index (χ4v) is 5.89. The number of rotatable bonds is 9. The van der Waals surface area contributed by atoms with Crippen LogP contribution in [0, 0.1) is 5.92 Å². The molecule has 8 heteroatoms. The number of nitrogens with one attached hydrogen (secondary N) is 1. The van der Waals surface area contributed by atoms with Crippen LogP contribution in [0.2, 0.25) is 0 Å². The molecule has 0 unspecified atom stereocenters. The lowest BCUT2D eigenvalue weighted by Crippen LogP contribution is -2.58. The maximum absolute atomic E-state index is 13.4. The van der Waals surface area contributed by atoms with Crippen molar-refractivity contribution in [3.8, 4) is 11.5 Å². The highest BCUT2D eigenvalue weighted by molar-refractivity contribution is 5.95. The van der Waals surface area contributed by atoms with Crippen LogP contribution in [0.5, 0.6) is 11.5 Å². The van der Waals surface area contributed by atoms with Crippen molar-refractivity contribution in [2.24, 2.45) is 5.92 Å². The Labute approximate surface area is 209 Å². The zero-order chi connectivity index (χ0) is 24.6. The predicted molar refractivity (Wildman–Crippen MR) is 136 cm³/mol. The summed E-state index contributed by atoms with van der Waals surface area (Å²) < 4.78 is 10.7. The lowest BCUT2D eigenvalue weighted by atomic mass is 9.95. The number of piperazine rings is 1. The Kier molecular flexibility index (Phi) is 9.26. The van der Waals surface area contributed by atoms with Gasteiger partial charge >= 0.3 is 0 Å². The molecule has 1 N–H and O–H groups in total. The van der Waals surface area contributed by atoms with Crippen LogP contribution < -0.4 is 14.8 Å². The van der Waals surface area contributed by atoms with Gasteiger partial charge < -0.3 is 24.6 Å². The number of amides is 2. The summed E-state index contributed by atoms with van der Waals surface area (Å²) in [4.78, 5) is 33.2. The molecule has 0 aromatic heterocycles. The molecule has 8 nitrogen and oxygen atoms in total. The van der Waals surface area contributed by atoms with E-state index in [1.54, 1.807) is 32.4 Å². The van der Waals surface area contributed by atoms with Crippen molar-refractivity contribution in [1.82, 2.24) is 20.0 Å². The molecule has 3 aliphatic rings. The largest absolute Gasteiger partial charge is 0.497 e. The van der Waals surface area contributed by atoms with Crippen LogP contribution in [0.1, 0.15) is 55.3 Å². The average molecular weight is 487 g/mol. The van der Waals surface area contributed by atoms with E-state index >= 15 is 0 Å². The number of benzene rings is 1. The van der Waals surface area contributed by atoms with Gasteiger partial charge in [-0.25, -0.2) is 0 Å². The highest BCUT2D eigenvalue weighted by atomic mass is 16.5. The molecule has 3 fully saturated rings. The Morgan fingerprint density at radius 2 is 1.51 bits per heavy atom. The standard InChI is InChI=1S/C27H42N4O4/c1-34-23-18-22(19-24(20-23)35-2)27(33)31-16-14-30(15-17-31)25(21-8-4-5-9-21)26(32)28-10-13-29-11-6-3-7-12-29/h18-21,25H,3-17H2,1-2H3,(H,28,32)/t25-/m0/s1. The van der Waals surface area contributed by atoms with Gasteiger partial charge in [-0.2, -0.15) is 0 Å². The van der Waals surface area contributed by atoms with E-state index in [2.05, 4.69) is 15.1 Å². The summed E-state index contributed by atoms with van der Waals surface area (Å²) in [5.74, 6) is 1.77. The number of hydrogen-bond acceptors (Lipinski definition) is 6. The van der Waals surface area contributed by atoms with Crippen molar-refractivity contribution in [2.45, 2.75) is 51.0 Å². The quantitative estimate of drug-likeness (QED) is 0.579. The summed E-state index contributed by atoms with van der Waals surface area (Å²) in [6, 6.07) is 5.20. The second-order valence-corrected chi connectivity index (χ2v) is 10.1. The molecule has 0 spiro atoms. The number of carbonyl (C=O) groups excluding carboxylic acids is 2. The van der Waals surface area contributed by atoms with E-state index in [4.69, 9.17) is 9.47 Å². The second-order valence-electron chi connectivity index (χ2n) is 10.1. The average Bonchev–Trinajstić information content (AvgIpc) is 3.43. The third kappa shape index (κ3) is 6.67. The Hall–Kier alpha value is -2.32. The normalized spacial score (nSPS) is 21.0. The molecule has 4 rings (SSSR count). The highest BCUT2D eigenvalue weighted by Gasteiger charge is 2.37. The van der Waals surface area contributed by atoms with Gasteiger partial charge in [-0.15, -0.1) is 0 Å². The number of hydrogen-bond donors (Lipinski definition) is 1. The molecule has 2 aliphatic heterocycles. The number of nitrogens with zero attached hydrogens (tertiary/aromatic N) is 3. The Morgan fingerprint density at radius 1 is 0.886 bits per heavy atom. The predicted octanol–water partition coefficient (Wildman–Crippen LogP) is 2.62. The molecule has 2 saturated heterocycles. The fraction of sp³-hybridized carbons (Fsp3) is 0.704. The first kappa shape index (κ1) is 25.8. The van der Waals surface area contributed by atoms with E-state index in [0.717, 1.165) is 39.0 Å². The number of likely N-dealkylation sites (tertiary alicyclic amines) is 1. The molecule has 1 aliphatic carbocycles. The Morgan fingerprint density at radius 3 is 2.11 bits per heavy atom. The van der Waals surface area contributed by atoms with Crippen LogP contribution in [0.4, 0.5) is 0 Å². The van der Waals surface area contributed by atoms with Crippen LogP contribution in [0.25, 0.3) is 0 Å². The van der Waals surface area contributed by atoms with Crippen LogP contribution in [-0.2, 0) is 4.79 Å². The van der Waals surface area contributed by atoms with Crippen molar-refractivity contribution in [3.05, 3.63) is 23.8 Å². The molecule has 0 radical (unpaired) electrons. The minimum atomic E-state index is -0.0898. The summed E-state index contributed by atoms with van der Waals surface area (Å²) in [6.07, 6.45) is 8.51. The third-order valence-corrected chi connectivity index (χ3v) is 7.88. The van der Waals surface area contributed by atoms with E-state index in [0.29, 0.717) is 49.2 Å². The van der Waals surface area contributed by atoms with Gasteiger partial charge in [-0.1, -0.05) is 19.3 Å². The van der Waals surface area contributed by atoms with Crippen molar-refractivity contribution < 1.29 is 19.1 Å². The molecular weight excluding hydrogens is 444 g/mol. The number of methoxy groups -OCH3 is 2. The van der Waals surface area contributed by atoms with Gasteiger partial charge in [0, 0.05) is 50.9 Å². The van der Waals surface area contributed by atoms with Gasteiger partial charge in [0.05, 0.1) is 20.3 Å². The van der Waals surface area contributed by atoms with Crippen molar-refractivity contribution in [1.29, 1.82) is 0 Å². The van der Waals surface area contributed by atoms with E-state index in [9.17, 15) is 9.59 Å². The summed E-state index contributed by atoms with van der Waals surface area (Å²) in [7, 11) is 3.17. The molecular formula is C27H42N4O4. The molecule has 1 atom stereocenters. The van der Waals surface area contributed by atoms with E-state index in [1.165, 1.54) is 32.1 Å². The summed E-state index contributed by atoms with van der Waals surface area (Å²) in [5.41, 5.74) is 0.567. The monoisotopic (exact) mass is 486 g/mol. The molecule has 1 saturated carbocycles. The van der Waals surface area contributed by atoms with Crippen LogP contribution in [-0.4, -0.2) is 99.1 Å². The molecule has 2 heterocycles. The minimum absolute atomic E-state index is 0.0229. The Balaban J connectivity index is 1.34. The lowest BCUT2D eigenvalue weighted by molar-refractivity contribution is -0.129. The van der Waals surface area contributed by atoms with E-state index in [-0.39, 0.29) is 17.9 Å². The van der Waals surface area contributed by atoms with Gasteiger partial charge in [0.15, 0.2) is 0 Å². The topological polar surface area (TPSA) is 74.3 Å². The summed E-state index contributed by atoms with van der Waals surface area (Å²) in [5, 5.41) is 3.26. The van der Waals surface area contributed by atoms with Gasteiger partial charge in [0.1, 0.15) is 11.5 Å². The van der Waals surface area contributed by atoms with E-state index in [1.807, 2.05) is 4.90 Å². The van der Waals surface area contributed by atoms with Gasteiger partial charge in [-0.3, -0.25) is 14.5 Å². The maximum Gasteiger partial charge on any atom is 0.254 e. The first-order chi connectivity index (χ1) is 17.1. The molecule has 1 aromatic carbocycles. The Bertz CT molecular complexity index is 821. The van der Waals surface area contributed by atoms with E-state index < -0.39 is 0 Å². The number of piperidine rings is 1. The number of ether oxygens (including phenoxy) is 2. The third-order valence-electron chi connectivity index (χ3n) is 7.88. The zero-order valence-electron chi connectivity index (χ0n) is 21.5. The fourth-order valence-electron chi connectivity index (χ4n) is 5.89. The number of carbonyl (C=O) groups is 2. The summed E-state index contributed by atoms with van der Waals surface area (Å²) in [6.45, 7) is 6.62. The van der Waals surface area contributed by atoms with Gasteiger partial charge in [-0.05, 0) is 56.8 Å². The first-order valence-corrected chi connectivity index (χ1v) is 13.4. The SMILES string of the molecule is COc1cc(OC)cc(C(=O)N2CCN([C@H](C(=O)NCCN3CCCCC3)C3CCCC3)CC2)c1. The summed E-state index contributed by atoms with van der Waals surface area (Å²) >= 11 is 0. The second kappa shape index (κ2) is 12.6. The van der Waals surface area contributed by atoms with Gasteiger partial charge in [0.2, 0.25) is 5.91 Å². The van der Waals surface area contributed by atoms with Crippen LogP contribution in [0.15, 0.2) is 18.2 Å². The zero-order valence-corrected chi connectivity index (χ0v) is 21.5. The maximum atomic E-state index is 13.4. The molecule has 2 amide bonds. The lowest BCUT2D eigenvalue weighted by Gasteiger charge is -2.41. The van der Waals surface area contributed by atoms with Crippen LogP contribution in [0.3, 0.4) is 0 Å². The van der Waals surface area contributed by atoms with Crippen molar-refractivity contribution in [2.75, 3.05) is 66.6 Å². The minimum Gasteiger partial charge on any atom is -0.497 e. The van der Waals surface area contributed by atoms with Gasteiger partial charge in [0.25, 0.3) is 5.91 Å². The van der Waals surface area contributed by atoms with Crippen molar-refractivity contribution in [3.63, 3.8) is 0 Å². The van der Waals surface area contributed by atoms with Crippen LogP contribution >= 0.6 is 0 Å². The highest BCUT2D eigenvalue weighted by Crippen LogP contribution is 2.31. The first-order valence-electron chi connectivity index (χ1n) is 13.4.